The van der Waals surface area contributed by atoms with E-state index in [1.807, 2.05) is 0 Å². The third-order valence-electron chi connectivity index (χ3n) is 2.03. The molecular formula is C10H11F3N4O4. The van der Waals surface area contributed by atoms with Crippen LogP contribution >= 0.6 is 0 Å². The topological polar surface area (TPSA) is 96.2 Å². The Morgan fingerprint density at radius 3 is 2.52 bits per heavy atom. The molecule has 0 amide bonds. The van der Waals surface area contributed by atoms with Crippen molar-refractivity contribution in [3.05, 3.63) is 17.7 Å². The molecule has 0 unspecified atom stereocenters. The smallest absolute Gasteiger partial charge is 0.455 e. The number of methoxy groups -OCH3 is 1. The molecule has 0 saturated heterocycles. The van der Waals surface area contributed by atoms with Crippen LogP contribution in [-0.4, -0.2) is 45.7 Å². The Morgan fingerprint density at radius 1 is 1.38 bits per heavy atom. The van der Waals surface area contributed by atoms with E-state index in [1.165, 1.54) is 14.0 Å². The van der Waals surface area contributed by atoms with Crippen molar-refractivity contribution in [2.45, 2.75) is 19.6 Å². The molecule has 0 atom stereocenters. The van der Waals surface area contributed by atoms with Gasteiger partial charge in [0, 0.05) is 6.08 Å². The Bertz CT molecular complexity index is 553. The molecule has 0 fully saturated rings. The van der Waals surface area contributed by atoms with E-state index < -0.39 is 30.3 Å². The Labute approximate surface area is 116 Å². The van der Waals surface area contributed by atoms with Crippen LogP contribution < -0.4 is 0 Å². The van der Waals surface area contributed by atoms with Gasteiger partial charge in [0.15, 0.2) is 0 Å². The van der Waals surface area contributed by atoms with E-state index in [1.54, 1.807) is 0 Å². The zero-order valence-corrected chi connectivity index (χ0v) is 11.0. The predicted molar refractivity (Wildman–Crippen MR) is 59.6 cm³/mol. The van der Waals surface area contributed by atoms with E-state index in [0.717, 1.165) is 6.08 Å². The predicted octanol–water partition coefficient (Wildman–Crippen LogP) is 0.354. The summed E-state index contributed by atoms with van der Waals surface area (Å²) in [4.78, 5) is 23.1. The number of tetrazole rings is 1. The van der Waals surface area contributed by atoms with E-state index in [4.69, 9.17) is 4.74 Å². The standard InChI is InChI=1S/C10H11F3N4O4/c1-3-21-8(19)7(18)4-6(20-2)5-17-15-9(14-16-17)10(11,12)13/h4H,3,5H2,1-2H3. The molecule has 8 nitrogen and oxygen atoms in total. The van der Waals surface area contributed by atoms with Gasteiger partial charge in [-0.15, -0.1) is 10.2 Å². The van der Waals surface area contributed by atoms with Gasteiger partial charge in [-0.05, 0) is 12.1 Å². The molecule has 0 saturated carbocycles. The number of ether oxygens (including phenoxy) is 2. The molecule has 1 rings (SSSR count). The van der Waals surface area contributed by atoms with Crippen LogP contribution in [0.2, 0.25) is 0 Å². The summed E-state index contributed by atoms with van der Waals surface area (Å²) in [6.07, 6.45) is -3.94. The van der Waals surface area contributed by atoms with E-state index in [9.17, 15) is 22.8 Å². The minimum atomic E-state index is -4.73. The van der Waals surface area contributed by atoms with Gasteiger partial charge < -0.3 is 9.47 Å². The van der Waals surface area contributed by atoms with Crippen molar-refractivity contribution in [3.63, 3.8) is 0 Å². The lowest BCUT2D eigenvalue weighted by Crippen LogP contribution is -2.17. The van der Waals surface area contributed by atoms with Crippen LogP contribution in [0.5, 0.6) is 0 Å². The average molecular weight is 308 g/mol. The van der Waals surface area contributed by atoms with E-state index in [2.05, 4.69) is 20.1 Å². The maximum absolute atomic E-state index is 12.3. The minimum absolute atomic E-state index is 0.0142. The monoisotopic (exact) mass is 308 g/mol. The van der Waals surface area contributed by atoms with Gasteiger partial charge in [-0.2, -0.15) is 18.0 Å². The Kier molecular flexibility index (Phi) is 5.38. The zero-order chi connectivity index (χ0) is 16.0. The quantitative estimate of drug-likeness (QED) is 0.324. The molecule has 21 heavy (non-hydrogen) atoms. The number of hydrogen-bond donors (Lipinski definition) is 0. The minimum Gasteiger partial charge on any atom is -0.499 e. The number of alkyl halides is 3. The average Bonchev–Trinajstić information content (AvgIpc) is 2.86. The van der Waals surface area contributed by atoms with E-state index in [0.29, 0.717) is 4.80 Å². The van der Waals surface area contributed by atoms with Crippen LogP contribution in [0.1, 0.15) is 12.7 Å². The summed E-state index contributed by atoms with van der Waals surface area (Å²) in [6, 6.07) is 0. The normalized spacial score (nSPS) is 12.1. The summed E-state index contributed by atoms with van der Waals surface area (Å²) in [5.74, 6) is -3.66. The first-order chi connectivity index (χ1) is 9.77. The Morgan fingerprint density at radius 2 is 2.05 bits per heavy atom. The van der Waals surface area contributed by atoms with E-state index in [-0.39, 0.29) is 12.4 Å². The number of nitrogens with zero attached hydrogens (tertiary/aromatic N) is 4. The number of carbonyl (C=O) groups is 2. The van der Waals surface area contributed by atoms with E-state index >= 15 is 0 Å². The molecule has 0 N–H and O–H groups in total. The van der Waals surface area contributed by atoms with Gasteiger partial charge >= 0.3 is 12.1 Å². The van der Waals surface area contributed by atoms with Crippen LogP contribution in [0.25, 0.3) is 0 Å². The first-order valence-electron chi connectivity index (χ1n) is 5.58. The lowest BCUT2D eigenvalue weighted by Gasteiger charge is -2.04. The SMILES string of the molecule is CCOC(=O)C(=O)C=C(Cn1nnc(C(F)(F)F)n1)OC. The lowest BCUT2D eigenvalue weighted by atomic mass is 10.3. The third-order valence-corrected chi connectivity index (χ3v) is 2.03. The molecular weight excluding hydrogens is 297 g/mol. The van der Waals surface area contributed by atoms with Crippen molar-refractivity contribution in [1.29, 1.82) is 0 Å². The largest absolute Gasteiger partial charge is 0.499 e. The highest BCUT2D eigenvalue weighted by molar-refractivity contribution is 6.38. The number of halogens is 3. The molecule has 0 radical (unpaired) electrons. The van der Waals surface area contributed by atoms with Gasteiger partial charge in [0.25, 0.3) is 11.6 Å². The van der Waals surface area contributed by atoms with Gasteiger partial charge in [-0.25, -0.2) is 4.79 Å². The first-order valence-corrected chi connectivity index (χ1v) is 5.58. The highest BCUT2D eigenvalue weighted by Crippen LogP contribution is 2.24. The Hall–Kier alpha value is -2.46. The van der Waals surface area contributed by atoms with Crippen LogP contribution in [0.4, 0.5) is 13.2 Å². The van der Waals surface area contributed by atoms with Crippen LogP contribution in [0.3, 0.4) is 0 Å². The third kappa shape index (κ3) is 4.85. The molecule has 0 aliphatic carbocycles. The second-order valence-electron chi connectivity index (χ2n) is 3.54. The van der Waals surface area contributed by atoms with Gasteiger partial charge in [0.2, 0.25) is 0 Å². The molecule has 1 aromatic heterocycles. The number of hydrogen-bond acceptors (Lipinski definition) is 7. The maximum Gasteiger partial charge on any atom is 0.455 e. The van der Waals surface area contributed by atoms with Crippen molar-refractivity contribution < 1.29 is 32.2 Å². The summed E-state index contributed by atoms with van der Waals surface area (Å²) in [7, 11) is 1.17. The number of carbonyl (C=O) groups excluding carboxylic acids is 2. The fourth-order valence-corrected chi connectivity index (χ4v) is 1.14. The molecule has 0 bridgehead atoms. The van der Waals surface area contributed by atoms with Gasteiger partial charge in [-0.1, -0.05) is 0 Å². The molecule has 0 aliphatic heterocycles. The molecule has 0 aromatic carbocycles. The number of esters is 1. The summed E-state index contributed by atoms with van der Waals surface area (Å²) in [6.45, 7) is 1.13. The fourth-order valence-electron chi connectivity index (χ4n) is 1.14. The maximum atomic E-state index is 12.3. The molecule has 116 valence electrons. The number of allylic oxidation sites excluding steroid dienone is 1. The van der Waals surface area contributed by atoms with Gasteiger partial charge in [0.1, 0.15) is 12.3 Å². The van der Waals surface area contributed by atoms with Crippen molar-refractivity contribution in [2.75, 3.05) is 13.7 Å². The Balaban J connectivity index is 2.80. The number of aromatic nitrogens is 4. The van der Waals surface area contributed by atoms with Crippen molar-refractivity contribution in [3.8, 4) is 0 Å². The second-order valence-corrected chi connectivity index (χ2v) is 3.54. The summed E-state index contributed by atoms with van der Waals surface area (Å²) in [5.41, 5.74) is 0. The molecule has 1 aromatic rings. The van der Waals surface area contributed by atoms with Gasteiger partial charge in [-0.3, -0.25) is 4.79 Å². The molecule has 11 heteroatoms. The summed E-state index contributed by atoms with van der Waals surface area (Å²) < 4.78 is 46.1. The van der Waals surface area contributed by atoms with Gasteiger partial charge in [0.05, 0.1) is 13.7 Å². The molecule has 0 spiro atoms. The summed E-state index contributed by atoms with van der Waals surface area (Å²) in [5, 5.41) is 9.06. The molecule has 1 heterocycles. The van der Waals surface area contributed by atoms with Crippen LogP contribution in [0.15, 0.2) is 11.8 Å². The zero-order valence-electron chi connectivity index (χ0n) is 11.0. The number of rotatable bonds is 6. The van der Waals surface area contributed by atoms with Crippen LogP contribution in [0, 0.1) is 0 Å². The van der Waals surface area contributed by atoms with Crippen molar-refractivity contribution >= 4 is 11.8 Å². The molecule has 0 aliphatic rings. The first kappa shape index (κ1) is 16.6. The number of ketones is 1. The van der Waals surface area contributed by atoms with Crippen molar-refractivity contribution in [1.82, 2.24) is 20.2 Å². The lowest BCUT2D eigenvalue weighted by molar-refractivity contribution is -0.151. The highest BCUT2D eigenvalue weighted by atomic mass is 19.4. The van der Waals surface area contributed by atoms with Crippen molar-refractivity contribution in [2.24, 2.45) is 0 Å². The summed E-state index contributed by atoms with van der Waals surface area (Å²) >= 11 is 0. The second kappa shape index (κ2) is 6.81. The highest BCUT2D eigenvalue weighted by Gasteiger charge is 2.36. The fraction of sp³-hybridized carbons (Fsp3) is 0.500. The van der Waals surface area contributed by atoms with Crippen LogP contribution in [-0.2, 0) is 31.8 Å².